The lowest BCUT2D eigenvalue weighted by molar-refractivity contribution is -0.118. The van der Waals surface area contributed by atoms with Crippen molar-refractivity contribution in [2.45, 2.75) is 6.54 Å². The first-order chi connectivity index (χ1) is 8.18. The summed E-state index contributed by atoms with van der Waals surface area (Å²) in [5.41, 5.74) is 5.37. The van der Waals surface area contributed by atoms with Crippen LogP contribution in [0.3, 0.4) is 0 Å². The molecule has 92 valence electrons. The zero-order chi connectivity index (χ0) is 12.3. The Labute approximate surface area is 97.7 Å². The molecule has 0 spiro atoms. The number of carbonyl (C=O) groups excluding carboxylic acids is 2. The summed E-state index contributed by atoms with van der Waals surface area (Å²) in [5.74, 6) is -0.720. The first-order valence-electron chi connectivity index (χ1n) is 5.35. The largest absolute Gasteiger partial charge is 0.368 e. The highest BCUT2D eigenvalue weighted by molar-refractivity contribution is 5.92. The molecular weight excluding hydrogens is 224 g/mol. The zero-order valence-electron chi connectivity index (χ0n) is 9.30. The van der Waals surface area contributed by atoms with Crippen LogP contribution in [0.2, 0.25) is 0 Å². The van der Waals surface area contributed by atoms with Gasteiger partial charge in [0.2, 0.25) is 5.91 Å². The summed E-state index contributed by atoms with van der Waals surface area (Å²) in [6.07, 6.45) is 1.35. The number of hydrogen-bond donors (Lipinski definition) is 2. The number of nitrogens with two attached hydrogens (primary N) is 1. The number of primary amides is 1. The molecule has 8 heteroatoms. The van der Waals surface area contributed by atoms with Crippen molar-refractivity contribution >= 4 is 11.8 Å². The van der Waals surface area contributed by atoms with E-state index in [4.69, 9.17) is 5.73 Å². The highest BCUT2D eigenvalue weighted by atomic mass is 16.2. The van der Waals surface area contributed by atoms with Crippen LogP contribution < -0.4 is 11.1 Å². The van der Waals surface area contributed by atoms with Crippen LogP contribution in [0.15, 0.2) is 6.20 Å². The van der Waals surface area contributed by atoms with E-state index in [0.717, 1.165) is 13.1 Å². The monoisotopic (exact) mass is 238 g/mol. The fourth-order valence-electron chi connectivity index (χ4n) is 1.72. The third kappa shape index (κ3) is 2.59. The third-order valence-electron chi connectivity index (χ3n) is 2.55. The SMILES string of the molecule is NC(=O)Cn1nncc1C(=O)N1CCNCC1. The van der Waals surface area contributed by atoms with Gasteiger partial charge in [0.25, 0.3) is 5.91 Å². The van der Waals surface area contributed by atoms with Gasteiger partial charge in [0.15, 0.2) is 0 Å². The average Bonchev–Trinajstić information content (AvgIpc) is 2.76. The molecule has 0 saturated carbocycles. The van der Waals surface area contributed by atoms with Crippen molar-refractivity contribution in [1.29, 1.82) is 0 Å². The first kappa shape index (κ1) is 11.5. The lowest BCUT2D eigenvalue weighted by Crippen LogP contribution is -2.47. The summed E-state index contributed by atoms with van der Waals surface area (Å²) < 4.78 is 1.23. The molecule has 0 atom stereocenters. The van der Waals surface area contributed by atoms with Gasteiger partial charge in [-0.1, -0.05) is 5.21 Å². The molecule has 1 saturated heterocycles. The van der Waals surface area contributed by atoms with Gasteiger partial charge >= 0.3 is 0 Å². The maximum absolute atomic E-state index is 12.1. The zero-order valence-corrected chi connectivity index (χ0v) is 9.30. The summed E-state index contributed by atoms with van der Waals surface area (Å²) >= 11 is 0. The van der Waals surface area contributed by atoms with Gasteiger partial charge in [0, 0.05) is 26.2 Å². The molecular formula is C9H14N6O2. The maximum atomic E-state index is 12.1. The second kappa shape index (κ2) is 4.91. The van der Waals surface area contributed by atoms with Crippen LogP contribution in [0.1, 0.15) is 10.5 Å². The predicted octanol–water partition coefficient (Wildman–Crippen LogP) is -2.19. The topological polar surface area (TPSA) is 106 Å². The van der Waals surface area contributed by atoms with Gasteiger partial charge in [-0.25, -0.2) is 4.68 Å². The Kier molecular flexibility index (Phi) is 3.33. The fraction of sp³-hybridized carbons (Fsp3) is 0.556. The Morgan fingerprint density at radius 3 is 2.76 bits per heavy atom. The Balaban J connectivity index is 2.12. The number of nitrogens with one attached hydrogen (secondary N) is 1. The van der Waals surface area contributed by atoms with Crippen LogP contribution >= 0.6 is 0 Å². The number of carbonyl (C=O) groups is 2. The van der Waals surface area contributed by atoms with Gasteiger partial charge in [-0.05, 0) is 0 Å². The predicted molar refractivity (Wildman–Crippen MR) is 58.0 cm³/mol. The van der Waals surface area contributed by atoms with Crippen molar-refractivity contribution in [3.8, 4) is 0 Å². The molecule has 0 radical (unpaired) electrons. The lowest BCUT2D eigenvalue weighted by atomic mass is 10.3. The van der Waals surface area contributed by atoms with Gasteiger partial charge < -0.3 is 16.0 Å². The van der Waals surface area contributed by atoms with E-state index >= 15 is 0 Å². The number of amides is 2. The van der Waals surface area contributed by atoms with E-state index in [1.54, 1.807) is 4.90 Å². The molecule has 2 amide bonds. The molecule has 1 aromatic rings. The number of piperazine rings is 1. The Hall–Kier alpha value is -1.96. The Bertz CT molecular complexity index is 423. The molecule has 8 nitrogen and oxygen atoms in total. The molecule has 3 N–H and O–H groups in total. The standard InChI is InChI=1S/C9H14N6O2/c10-8(16)6-15-7(5-12-13-15)9(17)14-3-1-11-2-4-14/h5,11H,1-4,6H2,(H2,10,16). The second-order valence-electron chi connectivity index (χ2n) is 3.79. The van der Waals surface area contributed by atoms with Gasteiger partial charge in [-0.15, -0.1) is 5.10 Å². The molecule has 0 unspecified atom stereocenters. The summed E-state index contributed by atoms with van der Waals surface area (Å²) in [5, 5.41) is 10.5. The van der Waals surface area contributed by atoms with Crippen LogP contribution in [0.25, 0.3) is 0 Å². The van der Waals surface area contributed by atoms with Crippen molar-refractivity contribution in [3.63, 3.8) is 0 Å². The highest BCUT2D eigenvalue weighted by Crippen LogP contribution is 2.04. The second-order valence-corrected chi connectivity index (χ2v) is 3.79. The van der Waals surface area contributed by atoms with E-state index in [9.17, 15) is 9.59 Å². The number of nitrogens with zero attached hydrogens (tertiary/aromatic N) is 4. The van der Waals surface area contributed by atoms with E-state index in [2.05, 4.69) is 15.6 Å². The van der Waals surface area contributed by atoms with Crippen LogP contribution in [-0.2, 0) is 11.3 Å². The minimum Gasteiger partial charge on any atom is -0.368 e. The van der Waals surface area contributed by atoms with Crippen LogP contribution in [-0.4, -0.2) is 57.9 Å². The van der Waals surface area contributed by atoms with Gasteiger partial charge in [-0.2, -0.15) is 0 Å². The molecule has 1 fully saturated rings. The summed E-state index contributed by atoms with van der Waals surface area (Å²) in [7, 11) is 0. The molecule has 17 heavy (non-hydrogen) atoms. The van der Waals surface area contributed by atoms with E-state index in [1.165, 1.54) is 10.9 Å². The van der Waals surface area contributed by atoms with E-state index < -0.39 is 5.91 Å². The number of aromatic nitrogens is 3. The van der Waals surface area contributed by atoms with Crippen molar-refractivity contribution < 1.29 is 9.59 Å². The number of hydrogen-bond acceptors (Lipinski definition) is 5. The summed E-state index contributed by atoms with van der Waals surface area (Å²) in [6, 6.07) is 0. The smallest absolute Gasteiger partial charge is 0.273 e. The fourth-order valence-corrected chi connectivity index (χ4v) is 1.72. The van der Waals surface area contributed by atoms with Gasteiger partial charge in [0.05, 0.1) is 6.20 Å². The van der Waals surface area contributed by atoms with Crippen LogP contribution in [0.5, 0.6) is 0 Å². The third-order valence-corrected chi connectivity index (χ3v) is 2.55. The average molecular weight is 238 g/mol. The highest BCUT2D eigenvalue weighted by Gasteiger charge is 2.22. The molecule has 1 aromatic heterocycles. The Morgan fingerprint density at radius 1 is 1.41 bits per heavy atom. The molecule has 0 aromatic carbocycles. The van der Waals surface area contributed by atoms with Crippen LogP contribution in [0, 0.1) is 0 Å². The van der Waals surface area contributed by atoms with Crippen LogP contribution in [0.4, 0.5) is 0 Å². The minimum atomic E-state index is -0.551. The normalized spacial score (nSPS) is 15.9. The molecule has 0 bridgehead atoms. The van der Waals surface area contributed by atoms with E-state index in [0.29, 0.717) is 18.8 Å². The summed E-state index contributed by atoms with van der Waals surface area (Å²) in [4.78, 5) is 24.6. The van der Waals surface area contributed by atoms with Crippen molar-refractivity contribution in [1.82, 2.24) is 25.2 Å². The quantitative estimate of drug-likeness (QED) is 0.622. The van der Waals surface area contributed by atoms with E-state index in [-0.39, 0.29) is 12.5 Å². The molecule has 0 aliphatic carbocycles. The lowest BCUT2D eigenvalue weighted by Gasteiger charge is -2.27. The van der Waals surface area contributed by atoms with Crippen molar-refractivity contribution in [3.05, 3.63) is 11.9 Å². The maximum Gasteiger partial charge on any atom is 0.273 e. The molecule has 1 aliphatic rings. The van der Waals surface area contributed by atoms with Gasteiger partial charge in [0.1, 0.15) is 12.2 Å². The van der Waals surface area contributed by atoms with Gasteiger partial charge in [-0.3, -0.25) is 9.59 Å². The summed E-state index contributed by atoms with van der Waals surface area (Å²) in [6.45, 7) is 2.68. The van der Waals surface area contributed by atoms with Crippen molar-refractivity contribution in [2.75, 3.05) is 26.2 Å². The first-order valence-corrected chi connectivity index (χ1v) is 5.35. The van der Waals surface area contributed by atoms with Crippen molar-refractivity contribution in [2.24, 2.45) is 5.73 Å². The number of rotatable bonds is 3. The molecule has 2 rings (SSSR count). The van der Waals surface area contributed by atoms with E-state index in [1.807, 2.05) is 0 Å². The minimum absolute atomic E-state index is 0.132. The molecule has 2 heterocycles. The Morgan fingerprint density at radius 2 is 2.12 bits per heavy atom. The molecule has 1 aliphatic heterocycles.